The second-order valence-electron chi connectivity index (χ2n) is 6.29. The summed E-state index contributed by atoms with van der Waals surface area (Å²) in [5.74, 6) is 1.27. The smallest absolute Gasteiger partial charge is 0.120 e. The second-order valence-corrected chi connectivity index (χ2v) is 6.29. The number of aliphatic hydroxyl groups excluding tert-OH is 1. The minimum Gasteiger partial charge on any atom is -0.491 e. The maximum atomic E-state index is 10.7. The van der Waals surface area contributed by atoms with Gasteiger partial charge in [-0.05, 0) is 50.3 Å². The van der Waals surface area contributed by atoms with Gasteiger partial charge in [0.05, 0.1) is 12.2 Å². The number of rotatable bonds is 4. The lowest BCUT2D eigenvalue weighted by Crippen LogP contribution is -2.14. The second kappa shape index (κ2) is 7.68. The maximum Gasteiger partial charge on any atom is 0.120 e. The van der Waals surface area contributed by atoms with E-state index in [1.165, 1.54) is 32.1 Å². The molecule has 112 valence electrons. The molecule has 1 saturated carbocycles. The largest absolute Gasteiger partial charge is 0.491 e. The van der Waals surface area contributed by atoms with Gasteiger partial charge in [0.15, 0.2) is 0 Å². The summed E-state index contributed by atoms with van der Waals surface area (Å²) in [6, 6.07) is 7.98. The van der Waals surface area contributed by atoms with Gasteiger partial charge in [-0.15, -0.1) is 0 Å². The molecule has 1 atom stereocenters. The molecule has 0 amide bonds. The van der Waals surface area contributed by atoms with Crippen molar-refractivity contribution in [3.05, 3.63) is 29.8 Å². The Morgan fingerprint density at radius 3 is 2.35 bits per heavy atom. The summed E-state index contributed by atoms with van der Waals surface area (Å²) in [7, 11) is 0. The summed E-state index contributed by atoms with van der Waals surface area (Å²) < 4.78 is 5.73. The number of benzene rings is 1. The predicted molar refractivity (Wildman–Crippen MR) is 83.0 cm³/mol. The molecule has 0 bridgehead atoms. The van der Waals surface area contributed by atoms with Crippen molar-refractivity contribution < 1.29 is 9.84 Å². The summed E-state index contributed by atoms with van der Waals surface area (Å²) in [6.07, 6.45) is 8.63. The third-order valence-corrected chi connectivity index (χ3v) is 4.17. The Labute approximate surface area is 123 Å². The zero-order chi connectivity index (χ0) is 14.4. The van der Waals surface area contributed by atoms with Gasteiger partial charge in [0.1, 0.15) is 5.75 Å². The number of hydrogen-bond donors (Lipinski definition) is 1. The first-order valence-corrected chi connectivity index (χ1v) is 8.11. The van der Waals surface area contributed by atoms with Crippen LogP contribution >= 0.6 is 0 Å². The zero-order valence-electron chi connectivity index (χ0n) is 12.8. The molecule has 1 aliphatic rings. The third-order valence-electron chi connectivity index (χ3n) is 4.17. The summed E-state index contributed by atoms with van der Waals surface area (Å²) in [5.41, 5.74) is 1.01. The van der Waals surface area contributed by atoms with E-state index in [0.717, 1.165) is 24.2 Å². The fourth-order valence-corrected chi connectivity index (χ4v) is 3.12. The lowest BCUT2D eigenvalue weighted by Gasteiger charge is -2.25. The van der Waals surface area contributed by atoms with Gasteiger partial charge < -0.3 is 9.84 Å². The van der Waals surface area contributed by atoms with Crippen molar-refractivity contribution in [1.82, 2.24) is 0 Å². The van der Waals surface area contributed by atoms with E-state index in [-0.39, 0.29) is 12.2 Å². The van der Waals surface area contributed by atoms with E-state index in [1.54, 1.807) is 0 Å². The van der Waals surface area contributed by atoms with E-state index in [4.69, 9.17) is 4.74 Å². The lowest BCUT2D eigenvalue weighted by atomic mass is 9.84. The van der Waals surface area contributed by atoms with Crippen molar-refractivity contribution in [2.75, 3.05) is 0 Å². The van der Waals surface area contributed by atoms with E-state index >= 15 is 0 Å². The van der Waals surface area contributed by atoms with Crippen molar-refractivity contribution in [1.29, 1.82) is 0 Å². The van der Waals surface area contributed by atoms with Crippen molar-refractivity contribution in [2.45, 2.75) is 71.0 Å². The van der Waals surface area contributed by atoms with E-state index in [1.807, 2.05) is 38.1 Å². The molecule has 1 aromatic carbocycles. The molecule has 0 heterocycles. The number of aliphatic hydroxyl groups is 1. The van der Waals surface area contributed by atoms with Gasteiger partial charge in [-0.3, -0.25) is 0 Å². The third kappa shape index (κ3) is 4.52. The first-order chi connectivity index (χ1) is 9.66. The minimum absolute atomic E-state index is 0.170. The average Bonchev–Trinajstić information content (AvgIpc) is 2.37. The van der Waals surface area contributed by atoms with E-state index in [2.05, 4.69) is 0 Å². The predicted octanol–water partition coefficient (Wildman–Crippen LogP) is 4.87. The highest BCUT2D eigenvalue weighted by atomic mass is 16.5. The summed E-state index contributed by atoms with van der Waals surface area (Å²) in [6.45, 7) is 4.05. The minimum atomic E-state index is -0.344. The summed E-state index contributed by atoms with van der Waals surface area (Å²) in [4.78, 5) is 0. The Morgan fingerprint density at radius 1 is 1.05 bits per heavy atom. The molecule has 1 unspecified atom stereocenters. The quantitative estimate of drug-likeness (QED) is 0.850. The van der Waals surface area contributed by atoms with Crippen LogP contribution in [0.4, 0.5) is 0 Å². The molecule has 0 spiro atoms. The van der Waals surface area contributed by atoms with Crippen LogP contribution in [0, 0.1) is 5.92 Å². The van der Waals surface area contributed by atoms with Crippen LogP contribution in [-0.4, -0.2) is 11.2 Å². The first kappa shape index (κ1) is 15.4. The molecule has 2 rings (SSSR count). The van der Waals surface area contributed by atoms with Crippen LogP contribution in [0.3, 0.4) is 0 Å². The highest BCUT2D eigenvalue weighted by Gasteiger charge is 2.21. The molecule has 1 aliphatic carbocycles. The van der Waals surface area contributed by atoms with Gasteiger partial charge in [-0.1, -0.05) is 44.2 Å². The van der Waals surface area contributed by atoms with Crippen molar-refractivity contribution in [3.8, 4) is 5.75 Å². The van der Waals surface area contributed by atoms with Crippen molar-refractivity contribution in [3.63, 3.8) is 0 Å². The van der Waals surface area contributed by atoms with Crippen LogP contribution in [0.15, 0.2) is 24.3 Å². The molecular weight excluding hydrogens is 248 g/mol. The van der Waals surface area contributed by atoms with Crippen LogP contribution in [0.25, 0.3) is 0 Å². The van der Waals surface area contributed by atoms with Crippen LogP contribution < -0.4 is 4.74 Å². The maximum absolute atomic E-state index is 10.7. The fraction of sp³-hybridized carbons (Fsp3) is 0.667. The fourth-order valence-electron chi connectivity index (χ4n) is 3.12. The van der Waals surface area contributed by atoms with Crippen molar-refractivity contribution >= 4 is 0 Å². The molecule has 1 fully saturated rings. The Kier molecular flexibility index (Phi) is 5.90. The number of ether oxygens (including phenoxy) is 1. The lowest BCUT2D eigenvalue weighted by molar-refractivity contribution is 0.0908. The summed E-state index contributed by atoms with van der Waals surface area (Å²) >= 11 is 0. The molecule has 1 N–H and O–H groups in total. The van der Waals surface area contributed by atoms with Gasteiger partial charge in [0.25, 0.3) is 0 Å². The van der Waals surface area contributed by atoms with Gasteiger partial charge in [-0.2, -0.15) is 0 Å². The highest BCUT2D eigenvalue weighted by Crippen LogP contribution is 2.34. The normalized spacial score (nSPS) is 19.4. The van der Waals surface area contributed by atoms with E-state index < -0.39 is 0 Å². The molecule has 0 aromatic heterocycles. The summed E-state index contributed by atoms with van der Waals surface area (Å²) in [5, 5.41) is 10.7. The first-order valence-electron chi connectivity index (χ1n) is 8.11. The Morgan fingerprint density at radius 2 is 1.70 bits per heavy atom. The van der Waals surface area contributed by atoms with Crippen LogP contribution in [0.2, 0.25) is 0 Å². The van der Waals surface area contributed by atoms with Gasteiger partial charge in [-0.25, -0.2) is 0 Å². The van der Waals surface area contributed by atoms with Crippen LogP contribution in [0.1, 0.15) is 70.5 Å². The molecular formula is C18H28O2. The van der Waals surface area contributed by atoms with E-state index in [0.29, 0.717) is 5.92 Å². The topological polar surface area (TPSA) is 29.5 Å². The van der Waals surface area contributed by atoms with Crippen LogP contribution in [0.5, 0.6) is 5.75 Å². The molecule has 1 aromatic rings. The van der Waals surface area contributed by atoms with Crippen molar-refractivity contribution in [2.24, 2.45) is 5.92 Å². The standard InChI is InChI=1S/C18H28O2/c1-14(2)20-17-12-8-11-16(13-17)18(19)15-9-6-4-3-5-7-10-15/h8,11-15,18-19H,3-7,9-10H2,1-2H3. The molecule has 20 heavy (non-hydrogen) atoms. The Hall–Kier alpha value is -1.02. The molecule has 2 nitrogen and oxygen atoms in total. The monoisotopic (exact) mass is 276 g/mol. The Bertz CT molecular complexity index is 392. The molecule has 0 radical (unpaired) electrons. The van der Waals surface area contributed by atoms with Gasteiger partial charge in [0.2, 0.25) is 0 Å². The molecule has 0 saturated heterocycles. The zero-order valence-corrected chi connectivity index (χ0v) is 12.8. The average molecular weight is 276 g/mol. The Balaban J connectivity index is 2.04. The van der Waals surface area contributed by atoms with Gasteiger partial charge in [0, 0.05) is 0 Å². The van der Waals surface area contributed by atoms with E-state index in [9.17, 15) is 5.11 Å². The molecule has 0 aliphatic heterocycles. The van der Waals surface area contributed by atoms with Crippen LogP contribution in [-0.2, 0) is 0 Å². The highest BCUT2D eigenvalue weighted by molar-refractivity contribution is 5.30. The SMILES string of the molecule is CC(C)Oc1cccc(C(O)C2CCCCCCC2)c1. The van der Waals surface area contributed by atoms with Gasteiger partial charge >= 0.3 is 0 Å². The number of hydrogen-bond acceptors (Lipinski definition) is 2. The molecule has 2 heteroatoms.